The summed E-state index contributed by atoms with van der Waals surface area (Å²) in [5.41, 5.74) is 2.14. The normalized spacial score (nSPS) is 10.8. The first-order chi connectivity index (χ1) is 10.6. The van der Waals surface area contributed by atoms with E-state index < -0.39 is 0 Å². The maximum Gasteiger partial charge on any atom is 0.175 e. The Labute approximate surface area is 140 Å². The van der Waals surface area contributed by atoms with Crippen molar-refractivity contribution in [3.63, 3.8) is 0 Å². The lowest BCUT2D eigenvalue weighted by atomic mass is 10.2. The molecule has 0 bridgehead atoms. The fourth-order valence-electron chi connectivity index (χ4n) is 2.06. The van der Waals surface area contributed by atoms with Gasteiger partial charge in [0.25, 0.3) is 0 Å². The van der Waals surface area contributed by atoms with Crippen LogP contribution in [0.3, 0.4) is 0 Å². The quantitative estimate of drug-likeness (QED) is 0.808. The topological polar surface area (TPSA) is 43.4 Å². The van der Waals surface area contributed by atoms with Gasteiger partial charge >= 0.3 is 0 Å². The Bertz CT molecular complexity index is 603. The molecule has 0 aliphatic carbocycles. The smallest absolute Gasteiger partial charge is 0.175 e. The number of hydrogen-bond acceptors (Lipinski definition) is 4. The average Bonchev–Trinajstić information content (AvgIpc) is 2.50. The van der Waals surface area contributed by atoms with Crippen molar-refractivity contribution in [1.82, 2.24) is 10.3 Å². The summed E-state index contributed by atoms with van der Waals surface area (Å²) >= 11 is 3.56. The molecule has 0 saturated heterocycles. The predicted molar refractivity (Wildman–Crippen MR) is 91.2 cm³/mol. The number of aromatic nitrogens is 1. The van der Waals surface area contributed by atoms with Crippen molar-refractivity contribution in [2.75, 3.05) is 7.11 Å². The Balaban J connectivity index is 2.04. The van der Waals surface area contributed by atoms with Crippen LogP contribution in [0.4, 0.5) is 0 Å². The molecule has 118 valence electrons. The van der Waals surface area contributed by atoms with E-state index in [0.717, 1.165) is 40.3 Å². The van der Waals surface area contributed by atoms with Gasteiger partial charge in [-0.3, -0.25) is 4.98 Å². The van der Waals surface area contributed by atoms with Gasteiger partial charge in [-0.15, -0.1) is 0 Å². The van der Waals surface area contributed by atoms with E-state index in [1.54, 1.807) is 13.3 Å². The van der Waals surface area contributed by atoms with Crippen LogP contribution in [0.1, 0.15) is 25.1 Å². The molecule has 4 nitrogen and oxygen atoms in total. The molecule has 0 atom stereocenters. The highest BCUT2D eigenvalue weighted by Crippen LogP contribution is 2.37. The largest absolute Gasteiger partial charge is 0.493 e. The number of halogens is 1. The second-order valence-corrected chi connectivity index (χ2v) is 6.05. The van der Waals surface area contributed by atoms with Crippen LogP contribution in [0, 0.1) is 0 Å². The van der Waals surface area contributed by atoms with Gasteiger partial charge in [0.2, 0.25) is 0 Å². The summed E-state index contributed by atoms with van der Waals surface area (Å²) in [6.45, 7) is 5.45. The van der Waals surface area contributed by atoms with Crippen LogP contribution in [0.15, 0.2) is 41.0 Å². The van der Waals surface area contributed by atoms with Gasteiger partial charge in [0, 0.05) is 19.3 Å². The molecule has 1 heterocycles. The van der Waals surface area contributed by atoms with E-state index in [2.05, 4.69) is 26.2 Å². The third kappa shape index (κ3) is 4.71. The first-order valence-corrected chi connectivity index (χ1v) is 8.03. The maximum absolute atomic E-state index is 5.79. The molecule has 1 aromatic heterocycles. The highest BCUT2D eigenvalue weighted by atomic mass is 79.9. The molecule has 0 amide bonds. The fraction of sp³-hybridized carbons (Fsp3) is 0.353. The van der Waals surface area contributed by atoms with E-state index in [0.29, 0.717) is 0 Å². The molecule has 0 fully saturated rings. The van der Waals surface area contributed by atoms with Crippen LogP contribution in [0.5, 0.6) is 11.5 Å². The van der Waals surface area contributed by atoms with Crippen molar-refractivity contribution in [2.24, 2.45) is 0 Å². The molecule has 0 saturated carbocycles. The molecule has 0 aliphatic heterocycles. The molecule has 0 radical (unpaired) electrons. The Kier molecular flexibility index (Phi) is 6.21. The number of ether oxygens (including phenoxy) is 2. The van der Waals surface area contributed by atoms with Crippen LogP contribution in [0.25, 0.3) is 0 Å². The van der Waals surface area contributed by atoms with Gasteiger partial charge in [-0.05, 0) is 59.6 Å². The molecule has 2 rings (SSSR count). The number of nitrogens with one attached hydrogen (secondary N) is 1. The van der Waals surface area contributed by atoms with Gasteiger partial charge in [-0.25, -0.2) is 0 Å². The van der Waals surface area contributed by atoms with Gasteiger partial charge in [0.1, 0.15) is 0 Å². The number of nitrogens with zero attached hydrogens (tertiary/aromatic N) is 1. The minimum absolute atomic E-state index is 0.0957. The molecule has 22 heavy (non-hydrogen) atoms. The summed E-state index contributed by atoms with van der Waals surface area (Å²) in [6.07, 6.45) is 1.90. The highest BCUT2D eigenvalue weighted by molar-refractivity contribution is 9.10. The summed E-state index contributed by atoms with van der Waals surface area (Å²) < 4.78 is 12.1. The molecule has 2 aromatic rings. The first-order valence-electron chi connectivity index (χ1n) is 7.24. The summed E-state index contributed by atoms with van der Waals surface area (Å²) in [7, 11) is 1.65. The Morgan fingerprint density at radius 2 is 2.05 bits per heavy atom. The average molecular weight is 365 g/mol. The maximum atomic E-state index is 5.79. The van der Waals surface area contributed by atoms with E-state index in [4.69, 9.17) is 9.47 Å². The van der Waals surface area contributed by atoms with E-state index in [1.165, 1.54) is 0 Å². The van der Waals surface area contributed by atoms with Crippen LogP contribution in [-0.4, -0.2) is 18.2 Å². The molecule has 0 spiro atoms. The van der Waals surface area contributed by atoms with Crippen LogP contribution >= 0.6 is 15.9 Å². The third-order valence-corrected chi connectivity index (χ3v) is 3.59. The van der Waals surface area contributed by atoms with Crippen LogP contribution < -0.4 is 14.8 Å². The summed E-state index contributed by atoms with van der Waals surface area (Å²) in [5.74, 6) is 1.48. The lowest BCUT2D eigenvalue weighted by Crippen LogP contribution is -2.14. The molecule has 1 N–H and O–H groups in total. The van der Waals surface area contributed by atoms with E-state index >= 15 is 0 Å². The van der Waals surface area contributed by atoms with Gasteiger partial charge in [-0.2, -0.15) is 0 Å². The van der Waals surface area contributed by atoms with Gasteiger partial charge in [-0.1, -0.05) is 6.07 Å². The SMILES string of the molecule is COc1cc(CNCc2ccccn2)cc(Br)c1OC(C)C. The molecule has 5 heteroatoms. The second-order valence-electron chi connectivity index (χ2n) is 5.20. The summed E-state index contributed by atoms with van der Waals surface area (Å²) in [6, 6.07) is 9.95. The van der Waals surface area contributed by atoms with Crippen LogP contribution in [0.2, 0.25) is 0 Å². The van der Waals surface area contributed by atoms with Crippen molar-refractivity contribution in [1.29, 1.82) is 0 Å². The Morgan fingerprint density at radius 1 is 1.23 bits per heavy atom. The zero-order valence-corrected chi connectivity index (χ0v) is 14.7. The summed E-state index contributed by atoms with van der Waals surface area (Å²) in [4.78, 5) is 4.29. The molecule has 0 aliphatic rings. The van der Waals surface area contributed by atoms with Gasteiger partial charge in [0.15, 0.2) is 11.5 Å². The number of rotatable bonds is 7. The number of hydrogen-bond donors (Lipinski definition) is 1. The molecular formula is C17H21BrN2O2. The van der Waals surface area contributed by atoms with Crippen molar-refractivity contribution in [3.05, 3.63) is 52.3 Å². The standard InChI is InChI=1S/C17H21BrN2O2/c1-12(2)22-17-15(18)8-13(9-16(17)21-3)10-19-11-14-6-4-5-7-20-14/h4-9,12,19H,10-11H2,1-3H3. The monoisotopic (exact) mass is 364 g/mol. The highest BCUT2D eigenvalue weighted by Gasteiger charge is 2.13. The lowest BCUT2D eigenvalue weighted by Gasteiger charge is -2.16. The van der Waals surface area contributed by atoms with Crippen molar-refractivity contribution in [3.8, 4) is 11.5 Å². The van der Waals surface area contributed by atoms with Gasteiger partial charge < -0.3 is 14.8 Å². The zero-order valence-electron chi connectivity index (χ0n) is 13.1. The van der Waals surface area contributed by atoms with E-state index in [9.17, 15) is 0 Å². The van der Waals surface area contributed by atoms with Gasteiger partial charge in [0.05, 0.1) is 23.4 Å². The minimum atomic E-state index is 0.0957. The van der Waals surface area contributed by atoms with E-state index in [1.807, 2.05) is 44.2 Å². The predicted octanol–water partition coefficient (Wildman–Crippen LogP) is 3.93. The number of pyridine rings is 1. The van der Waals surface area contributed by atoms with Crippen molar-refractivity contribution in [2.45, 2.75) is 33.0 Å². The zero-order chi connectivity index (χ0) is 15.9. The van der Waals surface area contributed by atoms with Crippen molar-refractivity contribution >= 4 is 15.9 Å². The van der Waals surface area contributed by atoms with E-state index in [-0.39, 0.29) is 6.10 Å². The lowest BCUT2D eigenvalue weighted by molar-refractivity contribution is 0.228. The molecular weight excluding hydrogens is 344 g/mol. The van der Waals surface area contributed by atoms with Crippen LogP contribution in [-0.2, 0) is 13.1 Å². The fourth-order valence-corrected chi connectivity index (χ4v) is 2.65. The molecule has 0 unspecified atom stereocenters. The Hall–Kier alpha value is -1.59. The Morgan fingerprint density at radius 3 is 2.68 bits per heavy atom. The van der Waals surface area contributed by atoms with Crippen molar-refractivity contribution < 1.29 is 9.47 Å². The molecule has 1 aromatic carbocycles. The third-order valence-electron chi connectivity index (χ3n) is 3.00. The number of methoxy groups -OCH3 is 1. The number of benzene rings is 1. The minimum Gasteiger partial charge on any atom is -0.493 e. The second kappa shape index (κ2) is 8.15. The summed E-state index contributed by atoms with van der Waals surface area (Å²) in [5, 5.41) is 3.38. The first kappa shape index (κ1) is 16.8.